The summed E-state index contributed by atoms with van der Waals surface area (Å²) in [5, 5.41) is 9.86. The van der Waals surface area contributed by atoms with Crippen molar-refractivity contribution in [3.8, 4) is 0 Å². The fraction of sp³-hybridized carbons (Fsp3) is 0.429. The van der Waals surface area contributed by atoms with Crippen LogP contribution in [0.4, 0.5) is 5.69 Å². The SMILES string of the molecule is CCN(CC)C(=O)c1cc(NCCc2ncn[nH]2)ccn1. The Morgan fingerprint density at radius 1 is 1.33 bits per heavy atom. The third-order valence-electron chi connectivity index (χ3n) is 3.19. The lowest BCUT2D eigenvalue weighted by molar-refractivity contribution is 0.0767. The number of amides is 1. The minimum Gasteiger partial charge on any atom is -0.384 e. The number of pyridine rings is 1. The average molecular weight is 288 g/mol. The monoisotopic (exact) mass is 288 g/mol. The van der Waals surface area contributed by atoms with Gasteiger partial charge in [0, 0.05) is 37.9 Å². The Kier molecular flexibility index (Phi) is 5.25. The van der Waals surface area contributed by atoms with Crippen LogP contribution in [0.1, 0.15) is 30.2 Å². The Labute approximate surface area is 123 Å². The van der Waals surface area contributed by atoms with Crippen molar-refractivity contribution in [1.82, 2.24) is 25.1 Å². The highest BCUT2D eigenvalue weighted by molar-refractivity contribution is 5.93. The summed E-state index contributed by atoms with van der Waals surface area (Å²) in [5.41, 5.74) is 1.34. The van der Waals surface area contributed by atoms with E-state index in [-0.39, 0.29) is 5.91 Å². The number of nitrogens with zero attached hydrogens (tertiary/aromatic N) is 4. The van der Waals surface area contributed by atoms with Gasteiger partial charge in [-0.05, 0) is 26.0 Å². The lowest BCUT2D eigenvalue weighted by atomic mass is 10.2. The van der Waals surface area contributed by atoms with E-state index in [4.69, 9.17) is 0 Å². The second-order valence-electron chi connectivity index (χ2n) is 4.52. The van der Waals surface area contributed by atoms with Gasteiger partial charge in [-0.3, -0.25) is 14.9 Å². The number of aromatic amines is 1. The molecule has 2 heterocycles. The fourth-order valence-corrected chi connectivity index (χ4v) is 2.01. The summed E-state index contributed by atoms with van der Waals surface area (Å²) in [4.78, 5) is 22.2. The molecular formula is C14H20N6O. The van der Waals surface area contributed by atoms with Gasteiger partial charge in [-0.2, -0.15) is 5.10 Å². The molecule has 0 spiro atoms. The van der Waals surface area contributed by atoms with Crippen molar-refractivity contribution in [2.75, 3.05) is 25.0 Å². The number of carbonyl (C=O) groups excluding carboxylic acids is 1. The number of hydrogen-bond acceptors (Lipinski definition) is 5. The van der Waals surface area contributed by atoms with Crippen LogP contribution in [-0.4, -0.2) is 50.6 Å². The van der Waals surface area contributed by atoms with E-state index >= 15 is 0 Å². The summed E-state index contributed by atoms with van der Waals surface area (Å²) in [7, 11) is 0. The van der Waals surface area contributed by atoms with E-state index < -0.39 is 0 Å². The zero-order chi connectivity index (χ0) is 15.1. The van der Waals surface area contributed by atoms with Crippen LogP contribution in [0.3, 0.4) is 0 Å². The summed E-state index contributed by atoms with van der Waals surface area (Å²) in [5.74, 6) is 0.787. The molecule has 0 unspecified atom stereocenters. The van der Waals surface area contributed by atoms with Crippen molar-refractivity contribution in [3.05, 3.63) is 36.2 Å². The molecule has 112 valence electrons. The Morgan fingerprint density at radius 3 is 2.81 bits per heavy atom. The van der Waals surface area contributed by atoms with Crippen molar-refractivity contribution in [1.29, 1.82) is 0 Å². The molecule has 0 aliphatic carbocycles. The molecule has 0 saturated heterocycles. The highest BCUT2D eigenvalue weighted by atomic mass is 16.2. The second-order valence-corrected chi connectivity index (χ2v) is 4.52. The first-order valence-corrected chi connectivity index (χ1v) is 7.08. The minimum atomic E-state index is -0.0427. The van der Waals surface area contributed by atoms with Crippen molar-refractivity contribution in [2.45, 2.75) is 20.3 Å². The van der Waals surface area contributed by atoms with E-state index in [1.807, 2.05) is 19.9 Å². The molecular weight excluding hydrogens is 268 g/mol. The molecule has 0 atom stereocenters. The summed E-state index contributed by atoms with van der Waals surface area (Å²) in [6.45, 7) is 5.99. The normalized spacial score (nSPS) is 10.4. The lowest BCUT2D eigenvalue weighted by Gasteiger charge is -2.18. The third-order valence-corrected chi connectivity index (χ3v) is 3.19. The maximum Gasteiger partial charge on any atom is 0.272 e. The van der Waals surface area contributed by atoms with Crippen LogP contribution in [0, 0.1) is 0 Å². The minimum absolute atomic E-state index is 0.0427. The number of anilines is 1. The van der Waals surface area contributed by atoms with E-state index in [0.717, 1.165) is 17.9 Å². The summed E-state index contributed by atoms with van der Waals surface area (Å²) < 4.78 is 0. The molecule has 0 aliphatic rings. The lowest BCUT2D eigenvalue weighted by Crippen LogP contribution is -2.31. The van der Waals surface area contributed by atoms with E-state index in [0.29, 0.717) is 25.3 Å². The largest absolute Gasteiger partial charge is 0.384 e. The Bertz CT molecular complexity index is 565. The fourth-order valence-electron chi connectivity index (χ4n) is 2.01. The van der Waals surface area contributed by atoms with E-state index in [1.54, 1.807) is 17.2 Å². The standard InChI is InChI=1S/C14H20N6O/c1-3-20(4-2)14(21)12-9-11(5-7-16-12)15-8-6-13-17-10-18-19-13/h5,7,9-10H,3-4,6,8H2,1-2H3,(H,15,16)(H,17,18,19). The molecule has 1 amide bonds. The Morgan fingerprint density at radius 2 is 2.14 bits per heavy atom. The van der Waals surface area contributed by atoms with Gasteiger partial charge in [0.2, 0.25) is 0 Å². The van der Waals surface area contributed by atoms with Gasteiger partial charge >= 0.3 is 0 Å². The van der Waals surface area contributed by atoms with Crippen LogP contribution < -0.4 is 5.32 Å². The predicted octanol–water partition coefficient (Wildman–Crippen LogP) is 1.34. The van der Waals surface area contributed by atoms with Gasteiger partial charge in [0.15, 0.2) is 0 Å². The van der Waals surface area contributed by atoms with Gasteiger partial charge in [-0.1, -0.05) is 0 Å². The van der Waals surface area contributed by atoms with Gasteiger partial charge in [0.1, 0.15) is 17.8 Å². The zero-order valence-corrected chi connectivity index (χ0v) is 12.3. The molecule has 7 heteroatoms. The molecule has 0 fully saturated rings. The third kappa shape index (κ3) is 4.01. The van der Waals surface area contributed by atoms with E-state index in [2.05, 4.69) is 25.5 Å². The average Bonchev–Trinajstić information content (AvgIpc) is 3.02. The van der Waals surface area contributed by atoms with Gasteiger partial charge in [0.05, 0.1) is 0 Å². The van der Waals surface area contributed by atoms with Crippen molar-refractivity contribution in [2.24, 2.45) is 0 Å². The number of H-pyrrole nitrogens is 1. The molecule has 0 aromatic carbocycles. The molecule has 0 saturated carbocycles. The summed E-state index contributed by atoms with van der Waals surface area (Å²) >= 11 is 0. The zero-order valence-electron chi connectivity index (χ0n) is 12.3. The van der Waals surface area contributed by atoms with Gasteiger partial charge < -0.3 is 10.2 Å². The first kappa shape index (κ1) is 15.0. The van der Waals surface area contributed by atoms with Crippen molar-refractivity contribution in [3.63, 3.8) is 0 Å². The van der Waals surface area contributed by atoms with E-state index in [1.165, 1.54) is 6.33 Å². The molecule has 21 heavy (non-hydrogen) atoms. The molecule has 2 aromatic heterocycles. The van der Waals surface area contributed by atoms with Crippen LogP contribution in [0.15, 0.2) is 24.7 Å². The number of nitrogens with one attached hydrogen (secondary N) is 2. The van der Waals surface area contributed by atoms with Gasteiger partial charge in [-0.25, -0.2) is 4.98 Å². The number of hydrogen-bond donors (Lipinski definition) is 2. The smallest absolute Gasteiger partial charge is 0.272 e. The van der Waals surface area contributed by atoms with Crippen LogP contribution in [-0.2, 0) is 6.42 Å². The highest BCUT2D eigenvalue weighted by Gasteiger charge is 2.13. The maximum atomic E-state index is 12.2. The predicted molar refractivity (Wildman–Crippen MR) is 80.1 cm³/mol. The van der Waals surface area contributed by atoms with Crippen LogP contribution in [0.25, 0.3) is 0 Å². The van der Waals surface area contributed by atoms with Crippen molar-refractivity contribution < 1.29 is 4.79 Å². The first-order chi connectivity index (χ1) is 10.2. The first-order valence-electron chi connectivity index (χ1n) is 7.08. The summed E-state index contributed by atoms with van der Waals surface area (Å²) in [6.07, 6.45) is 3.87. The molecule has 2 N–H and O–H groups in total. The van der Waals surface area contributed by atoms with Crippen LogP contribution >= 0.6 is 0 Å². The Hall–Kier alpha value is -2.44. The number of rotatable bonds is 7. The molecule has 0 aliphatic heterocycles. The van der Waals surface area contributed by atoms with Gasteiger partial charge in [0.25, 0.3) is 5.91 Å². The molecule has 0 bridgehead atoms. The molecule has 7 nitrogen and oxygen atoms in total. The van der Waals surface area contributed by atoms with E-state index in [9.17, 15) is 4.79 Å². The topological polar surface area (TPSA) is 86.8 Å². The quantitative estimate of drug-likeness (QED) is 0.802. The number of carbonyl (C=O) groups is 1. The van der Waals surface area contributed by atoms with Crippen LogP contribution in [0.5, 0.6) is 0 Å². The molecule has 0 radical (unpaired) electrons. The summed E-state index contributed by atoms with van der Waals surface area (Å²) in [6, 6.07) is 3.63. The molecule has 2 aromatic rings. The van der Waals surface area contributed by atoms with Crippen molar-refractivity contribution >= 4 is 11.6 Å². The molecule has 2 rings (SSSR count). The second kappa shape index (κ2) is 7.37. The maximum absolute atomic E-state index is 12.2. The highest BCUT2D eigenvalue weighted by Crippen LogP contribution is 2.10. The Balaban J connectivity index is 1.95. The van der Waals surface area contributed by atoms with Crippen LogP contribution in [0.2, 0.25) is 0 Å². The number of aromatic nitrogens is 4. The van der Waals surface area contributed by atoms with Gasteiger partial charge in [-0.15, -0.1) is 0 Å².